The Balaban J connectivity index is 2.30. The quantitative estimate of drug-likeness (QED) is 0.867. The first-order chi connectivity index (χ1) is 9.65. The third-order valence-corrected chi connectivity index (χ3v) is 3.77. The van der Waals surface area contributed by atoms with Gasteiger partial charge in [-0.2, -0.15) is 0 Å². The highest BCUT2D eigenvalue weighted by atomic mass is 35.5. The SMILES string of the molecule is CCc1c(NC2CCOCC2)cc(Cl)cc1C(=O)OC. The van der Waals surface area contributed by atoms with E-state index in [-0.39, 0.29) is 5.97 Å². The third-order valence-electron chi connectivity index (χ3n) is 3.55. The Morgan fingerprint density at radius 2 is 2.15 bits per heavy atom. The van der Waals surface area contributed by atoms with Crippen molar-refractivity contribution in [2.45, 2.75) is 32.2 Å². The molecule has 2 rings (SSSR count). The second-order valence-corrected chi connectivity index (χ2v) is 5.29. The third kappa shape index (κ3) is 3.44. The minimum Gasteiger partial charge on any atom is -0.465 e. The van der Waals surface area contributed by atoms with Crippen LogP contribution in [0.4, 0.5) is 5.69 Å². The number of carbonyl (C=O) groups is 1. The van der Waals surface area contributed by atoms with Gasteiger partial charge in [0.15, 0.2) is 0 Å². The molecule has 0 aromatic heterocycles. The van der Waals surface area contributed by atoms with Crippen LogP contribution in [0.25, 0.3) is 0 Å². The summed E-state index contributed by atoms with van der Waals surface area (Å²) in [5.41, 5.74) is 2.41. The Hall–Kier alpha value is -1.26. The fraction of sp³-hybridized carbons (Fsp3) is 0.533. The second kappa shape index (κ2) is 6.95. The molecule has 0 atom stereocenters. The Morgan fingerprint density at radius 3 is 2.75 bits per heavy atom. The maximum Gasteiger partial charge on any atom is 0.338 e. The predicted octanol–water partition coefficient (Wildman–Crippen LogP) is 3.28. The van der Waals surface area contributed by atoms with Gasteiger partial charge in [-0.3, -0.25) is 0 Å². The van der Waals surface area contributed by atoms with Gasteiger partial charge in [-0.25, -0.2) is 4.79 Å². The monoisotopic (exact) mass is 297 g/mol. The van der Waals surface area contributed by atoms with Gasteiger partial charge in [0.05, 0.1) is 12.7 Å². The lowest BCUT2D eigenvalue weighted by atomic mass is 10.0. The number of ether oxygens (including phenoxy) is 2. The largest absolute Gasteiger partial charge is 0.465 e. The fourth-order valence-electron chi connectivity index (χ4n) is 2.50. The van der Waals surface area contributed by atoms with Gasteiger partial charge >= 0.3 is 5.97 Å². The summed E-state index contributed by atoms with van der Waals surface area (Å²) in [4.78, 5) is 11.9. The molecule has 5 heteroatoms. The van der Waals surface area contributed by atoms with E-state index >= 15 is 0 Å². The van der Waals surface area contributed by atoms with E-state index in [1.165, 1.54) is 7.11 Å². The van der Waals surface area contributed by atoms with Crippen LogP contribution in [0.3, 0.4) is 0 Å². The van der Waals surface area contributed by atoms with Crippen LogP contribution in [0.15, 0.2) is 12.1 Å². The highest BCUT2D eigenvalue weighted by Crippen LogP contribution is 2.28. The van der Waals surface area contributed by atoms with Crippen LogP contribution in [0.5, 0.6) is 0 Å². The summed E-state index contributed by atoms with van der Waals surface area (Å²) in [7, 11) is 1.38. The van der Waals surface area contributed by atoms with Crippen molar-refractivity contribution >= 4 is 23.3 Å². The van der Waals surface area contributed by atoms with Crippen molar-refractivity contribution < 1.29 is 14.3 Å². The first-order valence-electron chi connectivity index (χ1n) is 6.90. The maximum absolute atomic E-state index is 11.9. The van der Waals surface area contributed by atoms with Gasteiger partial charge in [-0.05, 0) is 37.0 Å². The second-order valence-electron chi connectivity index (χ2n) is 4.86. The predicted molar refractivity (Wildman–Crippen MR) is 79.6 cm³/mol. The first kappa shape index (κ1) is 15.1. The normalized spacial score (nSPS) is 15.9. The zero-order valence-electron chi connectivity index (χ0n) is 11.9. The van der Waals surface area contributed by atoms with Gasteiger partial charge in [0.2, 0.25) is 0 Å². The molecule has 0 unspecified atom stereocenters. The minimum atomic E-state index is -0.348. The van der Waals surface area contributed by atoms with Gasteiger partial charge < -0.3 is 14.8 Å². The highest BCUT2D eigenvalue weighted by Gasteiger charge is 2.19. The Bertz CT molecular complexity index is 484. The number of carbonyl (C=O) groups excluding carboxylic acids is 1. The molecule has 1 fully saturated rings. The van der Waals surface area contributed by atoms with E-state index in [9.17, 15) is 4.79 Å². The molecule has 1 aromatic rings. The van der Waals surface area contributed by atoms with Crippen molar-refractivity contribution in [3.63, 3.8) is 0 Å². The van der Waals surface area contributed by atoms with Crippen LogP contribution in [0.2, 0.25) is 5.02 Å². The number of esters is 1. The molecule has 0 spiro atoms. The van der Waals surface area contributed by atoms with E-state index in [1.54, 1.807) is 6.07 Å². The molecule has 1 heterocycles. The van der Waals surface area contributed by atoms with E-state index in [2.05, 4.69) is 5.32 Å². The Morgan fingerprint density at radius 1 is 1.45 bits per heavy atom. The minimum absolute atomic E-state index is 0.348. The van der Waals surface area contributed by atoms with Crippen molar-refractivity contribution in [2.24, 2.45) is 0 Å². The van der Waals surface area contributed by atoms with Crippen molar-refractivity contribution in [3.8, 4) is 0 Å². The van der Waals surface area contributed by atoms with E-state index in [1.807, 2.05) is 13.0 Å². The lowest BCUT2D eigenvalue weighted by Crippen LogP contribution is -2.28. The smallest absolute Gasteiger partial charge is 0.338 e. The molecule has 1 saturated heterocycles. The standard InChI is InChI=1S/C15H20ClNO3/c1-3-12-13(15(18)19-2)8-10(16)9-14(12)17-11-4-6-20-7-5-11/h8-9,11,17H,3-7H2,1-2H3. The first-order valence-corrected chi connectivity index (χ1v) is 7.28. The summed E-state index contributed by atoms with van der Waals surface area (Å²) in [6.45, 7) is 3.55. The van der Waals surface area contributed by atoms with Crippen molar-refractivity contribution in [1.29, 1.82) is 0 Å². The number of benzene rings is 1. The molecule has 0 aliphatic carbocycles. The van der Waals surface area contributed by atoms with Gasteiger partial charge in [0.1, 0.15) is 0 Å². The fourth-order valence-corrected chi connectivity index (χ4v) is 2.72. The maximum atomic E-state index is 11.9. The van der Waals surface area contributed by atoms with Gasteiger partial charge in [0.25, 0.3) is 0 Å². The summed E-state index contributed by atoms with van der Waals surface area (Å²) in [6, 6.07) is 3.90. The summed E-state index contributed by atoms with van der Waals surface area (Å²) >= 11 is 6.13. The number of rotatable bonds is 4. The van der Waals surface area contributed by atoms with Crippen LogP contribution in [0.1, 0.15) is 35.7 Å². The number of halogens is 1. The number of hydrogen-bond donors (Lipinski definition) is 1. The lowest BCUT2D eigenvalue weighted by Gasteiger charge is -2.26. The molecule has 1 aliphatic heterocycles. The van der Waals surface area contributed by atoms with Crippen LogP contribution < -0.4 is 5.32 Å². The zero-order chi connectivity index (χ0) is 14.5. The molecule has 20 heavy (non-hydrogen) atoms. The van der Waals surface area contributed by atoms with Crippen LogP contribution >= 0.6 is 11.6 Å². The molecule has 1 aliphatic rings. The van der Waals surface area contributed by atoms with E-state index in [0.717, 1.165) is 43.7 Å². The van der Waals surface area contributed by atoms with Crippen LogP contribution in [0, 0.1) is 0 Å². The van der Waals surface area contributed by atoms with E-state index < -0.39 is 0 Å². The molecular formula is C15H20ClNO3. The van der Waals surface area contributed by atoms with Crippen LogP contribution in [-0.4, -0.2) is 32.3 Å². The summed E-state index contributed by atoms with van der Waals surface area (Å²) in [5.74, 6) is -0.348. The lowest BCUT2D eigenvalue weighted by molar-refractivity contribution is 0.0599. The molecule has 0 amide bonds. The van der Waals surface area contributed by atoms with E-state index in [0.29, 0.717) is 16.6 Å². The number of nitrogens with one attached hydrogen (secondary N) is 1. The Kier molecular flexibility index (Phi) is 5.26. The highest BCUT2D eigenvalue weighted by molar-refractivity contribution is 6.31. The molecule has 110 valence electrons. The average molecular weight is 298 g/mol. The number of anilines is 1. The summed E-state index contributed by atoms with van der Waals surface area (Å²) in [5, 5.41) is 4.03. The van der Waals surface area contributed by atoms with E-state index in [4.69, 9.17) is 21.1 Å². The molecule has 1 N–H and O–H groups in total. The molecular weight excluding hydrogens is 278 g/mol. The van der Waals surface area contributed by atoms with Gasteiger partial charge in [-0.15, -0.1) is 0 Å². The summed E-state index contributed by atoms with van der Waals surface area (Å²) in [6.07, 6.45) is 2.67. The molecule has 0 saturated carbocycles. The Labute approximate surface area is 124 Å². The molecule has 0 bridgehead atoms. The molecule has 0 radical (unpaired) electrons. The molecule has 4 nitrogen and oxygen atoms in total. The number of methoxy groups -OCH3 is 1. The topological polar surface area (TPSA) is 47.6 Å². The zero-order valence-corrected chi connectivity index (χ0v) is 12.6. The van der Waals surface area contributed by atoms with Crippen LogP contribution in [-0.2, 0) is 15.9 Å². The van der Waals surface area contributed by atoms with Crippen molar-refractivity contribution in [2.75, 3.05) is 25.6 Å². The number of hydrogen-bond acceptors (Lipinski definition) is 4. The average Bonchev–Trinajstić information content (AvgIpc) is 2.47. The summed E-state index contributed by atoms with van der Waals surface area (Å²) < 4.78 is 10.2. The van der Waals surface area contributed by atoms with Gasteiger partial charge in [-0.1, -0.05) is 18.5 Å². The van der Waals surface area contributed by atoms with Crippen molar-refractivity contribution in [3.05, 3.63) is 28.3 Å². The molecule has 1 aromatic carbocycles. The van der Waals surface area contributed by atoms with Crippen molar-refractivity contribution in [1.82, 2.24) is 0 Å². The van der Waals surface area contributed by atoms with Gasteiger partial charge in [0, 0.05) is 30.0 Å².